The van der Waals surface area contributed by atoms with E-state index < -0.39 is 12.2 Å². The molecule has 0 aromatic heterocycles. The van der Waals surface area contributed by atoms with Gasteiger partial charge < -0.3 is 29.9 Å². The van der Waals surface area contributed by atoms with Crippen LogP contribution < -0.4 is 15.5 Å². The van der Waals surface area contributed by atoms with E-state index in [4.69, 9.17) is 9.47 Å². The van der Waals surface area contributed by atoms with Crippen LogP contribution in [0, 0.1) is 11.8 Å². The van der Waals surface area contributed by atoms with Crippen molar-refractivity contribution in [2.75, 3.05) is 31.1 Å². The van der Waals surface area contributed by atoms with Crippen molar-refractivity contribution in [1.82, 2.24) is 15.5 Å². The van der Waals surface area contributed by atoms with Gasteiger partial charge in [-0.25, -0.2) is 9.59 Å². The molecule has 2 N–H and O–H groups in total. The molecule has 0 spiro atoms. The Labute approximate surface area is 301 Å². The second-order valence-electron chi connectivity index (χ2n) is 13.2. The number of carbonyl (C=O) groups is 4. The van der Waals surface area contributed by atoms with Gasteiger partial charge in [0.2, 0.25) is 11.8 Å². The normalized spacial score (nSPS) is 19.6. The van der Waals surface area contributed by atoms with Gasteiger partial charge in [-0.1, -0.05) is 66.5 Å². The van der Waals surface area contributed by atoms with Crippen LogP contribution in [-0.2, 0) is 25.6 Å². The smallest absolute Gasteiger partial charge is 0.407 e. The van der Waals surface area contributed by atoms with Crippen LogP contribution in [0.3, 0.4) is 0 Å². The van der Waals surface area contributed by atoms with Gasteiger partial charge in [0.25, 0.3) is 0 Å². The zero-order valence-electron chi connectivity index (χ0n) is 29.4. The van der Waals surface area contributed by atoms with Gasteiger partial charge in [0.15, 0.2) is 0 Å². The summed E-state index contributed by atoms with van der Waals surface area (Å²) >= 11 is 0. The lowest BCUT2D eigenvalue weighted by Crippen LogP contribution is -2.44. The molecule has 0 fully saturated rings. The third-order valence-electron chi connectivity index (χ3n) is 9.37. The maximum atomic E-state index is 13.8. The maximum absolute atomic E-state index is 13.8. The van der Waals surface area contributed by atoms with Crippen LogP contribution >= 0.6 is 0 Å². The van der Waals surface area contributed by atoms with E-state index in [1.54, 1.807) is 9.80 Å². The van der Waals surface area contributed by atoms with Crippen LogP contribution in [0.2, 0.25) is 0 Å². The van der Waals surface area contributed by atoms with Gasteiger partial charge in [0.05, 0.1) is 12.2 Å². The number of ether oxygens (including phenoxy) is 2. The fourth-order valence-electron chi connectivity index (χ4n) is 6.53. The molecule has 0 unspecified atom stereocenters. The predicted molar refractivity (Wildman–Crippen MR) is 197 cm³/mol. The molecule has 2 aliphatic carbocycles. The minimum atomic E-state index is -0.512. The lowest BCUT2D eigenvalue weighted by Gasteiger charge is -2.27. The summed E-state index contributed by atoms with van der Waals surface area (Å²) in [7, 11) is 0. The van der Waals surface area contributed by atoms with Crippen LogP contribution in [0.25, 0.3) is 0 Å². The Morgan fingerprint density at radius 2 is 1.24 bits per heavy atom. The monoisotopic (exact) mass is 694 g/mol. The van der Waals surface area contributed by atoms with E-state index in [0.717, 1.165) is 80.9 Å². The van der Waals surface area contributed by atoms with Crippen molar-refractivity contribution in [3.8, 4) is 11.8 Å². The van der Waals surface area contributed by atoms with Crippen molar-refractivity contribution < 1.29 is 28.7 Å². The molecule has 0 saturated heterocycles. The molecule has 4 amide bonds. The molecule has 10 nitrogen and oxygen atoms in total. The van der Waals surface area contributed by atoms with Crippen LogP contribution in [0.5, 0.6) is 0 Å². The number of carbonyl (C=O) groups excluding carboxylic acids is 4. The van der Waals surface area contributed by atoms with Gasteiger partial charge in [-0.05, 0) is 88.0 Å². The van der Waals surface area contributed by atoms with Gasteiger partial charge in [-0.15, -0.1) is 0 Å². The van der Waals surface area contributed by atoms with Crippen LogP contribution in [0.15, 0.2) is 72.8 Å². The van der Waals surface area contributed by atoms with Gasteiger partial charge in [0, 0.05) is 50.1 Å². The highest BCUT2D eigenvalue weighted by Gasteiger charge is 2.24. The van der Waals surface area contributed by atoms with Crippen molar-refractivity contribution in [3.05, 3.63) is 89.5 Å². The average molecular weight is 695 g/mol. The van der Waals surface area contributed by atoms with Crippen LogP contribution in [-0.4, -0.2) is 67.3 Å². The molecule has 2 aromatic carbocycles. The molecule has 270 valence electrons. The number of nitrogens with zero attached hydrogens (tertiary/aromatic N) is 2. The molecule has 2 aromatic rings. The predicted octanol–water partition coefficient (Wildman–Crippen LogP) is 6.77. The minimum absolute atomic E-state index is 0.0174. The molecular formula is C41H50N4O6. The quantitative estimate of drug-likeness (QED) is 0.198. The molecule has 1 heterocycles. The molecule has 51 heavy (non-hydrogen) atoms. The van der Waals surface area contributed by atoms with Gasteiger partial charge in [-0.3, -0.25) is 9.59 Å². The fraction of sp³-hybridized carbons (Fsp3) is 0.463. The molecule has 5 rings (SSSR count). The molecule has 10 heteroatoms. The van der Waals surface area contributed by atoms with E-state index in [0.29, 0.717) is 12.2 Å². The van der Waals surface area contributed by atoms with Gasteiger partial charge >= 0.3 is 12.2 Å². The second-order valence-corrected chi connectivity index (χ2v) is 13.2. The van der Waals surface area contributed by atoms with Gasteiger partial charge in [-0.2, -0.15) is 0 Å². The van der Waals surface area contributed by atoms with Crippen molar-refractivity contribution in [2.45, 2.75) is 95.8 Å². The average Bonchev–Trinajstić information content (AvgIpc) is 3.09. The Kier molecular flexibility index (Phi) is 14.6. The number of amides is 4. The summed E-state index contributed by atoms with van der Waals surface area (Å²) in [5, 5.41) is 5.57. The maximum Gasteiger partial charge on any atom is 0.407 e. The van der Waals surface area contributed by atoms with E-state index in [1.165, 1.54) is 0 Å². The first-order valence-corrected chi connectivity index (χ1v) is 18.4. The van der Waals surface area contributed by atoms with E-state index in [1.807, 2.05) is 48.5 Å². The lowest BCUT2D eigenvalue weighted by molar-refractivity contribution is -0.133. The summed E-state index contributed by atoms with van der Waals surface area (Å²) in [5.74, 6) is 5.98. The highest BCUT2D eigenvalue weighted by Crippen LogP contribution is 2.26. The fourth-order valence-corrected chi connectivity index (χ4v) is 6.53. The zero-order chi connectivity index (χ0) is 35.7. The highest BCUT2D eigenvalue weighted by molar-refractivity contribution is 5.97. The number of nitrogens with one attached hydrogen (secondary N) is 2. The Morgan fingerprint density at radius 1 is 0.686 bits per heavy atom. The molecule has 0 saturated carbocycles. The van der Waals surface area contributed by atoms with Crippen molar-refractivity contribution >= 4 is 29.7 Å². The number of para-hydroxylation sites is 1. The first-order valence-electron chi connectivity index (χ1n) is 18.4. The van der Waals surface area contributed by atoms with Crippen LogP contribution in [0.1, 0.15) is 93.7 Å². The molecular weight excluding hydrogens is 644 g/mol. The summed E-state index contributed by atoms with van der Waals surface area (Å²) in [5.41, 5.74) is 3.25. The summed E-state index contributed by atoms with van der Waals surface area (Å²) in [6.07, 6.45) is 16.0. The number of fused-ring (bicyclic) bond motifs is 2. The Morgan fingerprint density at radius 3 is 1.88 bits per heavy atom. The summed E-state index contributed by atoms with van der Waals surface area (Å²) in [6, 6.07) is 15.3. The number of allylic oxidation sites excluding steroid dienone is 4. The zero-order valence-corrected chi connectivity index (χ0v) is 29.4. The van der Waals surface area contributed by atoms with Crippen molar-refractivity contribution in [3.63, 3.8) is 0 Å². The number of hydrogen-bond acceptors (Lipinski definition) is 6. The Balaban J connectivity index is 1.18. The van der Waals surface area contributed by atoms with E-state index in [9.17, 15) is 19.2 Å². The number of anilines is 1. The summed E-state index contributed by atoms with van der Waals surface area (Å²) in [4.78, 5) is 56.0. The first-order chi connectivity index (χ1) is 25.0. The second kappa shape index (κ2) is 20.0. The standard InChI is InChI=1S/C41H50N4O6/c46-38(25-26-39(47)45-31-34-17-12-11-15-32(34)23-24-33-16-13-14-22-37(33)45)44(29-27-42-40(48)50-35-18-7-3-1-4-8-19-35)30-28-43-41(49)51-36-20-9-5-2-6-10-21-36/h1-3,5,11-17,22,35-36H,4,6-10,18-21,25-31H2,(H,42,48)(H,43,49)/b3-1+,5-2+/t35-,36-/m1/s1. The molecule has 0 bridgehead atoms. The van der Waals surface area contributed by atoms with Gasteiger partial charge in [0.1, 0.15) is 12.2 Å². The number of rotatable bonds is 11. The third kappa shape index (κ3) is 12.1. The van der Waals surface area contributed by atoms with Crippen LogP contribution in [0.4, 0.5) is 15.3 Å². The van der Waals surface area contributed by atoms with E-state index >= 15 is 0 Å². The number of benzene rings is 2. The van der Waals surface area contributed by atoms with Crippen molar-refractivity contribution in [2.24, 2.45) is 0 Å². The lowest BCUT2D eigenvalue weighted by atomic mass is 10.0. The largest absolute Gasteiger partial charge is 0.446 e. The SMILES string of the molecule is O=C(NCCN(CCNC(=O)O[C@@H]1CC/C=C/CCC1)C(=O)CCC(=O)N1Cc2ccccc2C#Cc2ccccc21)O[C@@H]1CC/C=C/CCC1. The van der Waals surface area contributed by atoms with E-state index in [-0.39, 0.29) is 63.0 Å². The third-order valence-corrected chi connectivity index (χ3v) is 9.37. The Bertz CT molecular complexity index is 1580. The molecule has 1 aliphatic heterocycles. The first kappa shape index (κ1) is 37.2. The Hall–Kier alpha value is -5.04. The molecule has 3 aliphatic rings. The number of alkyl carbamates (subject to hydrolysis) is 2. The minimum Gasteiger partial charge on any atom is -0.446 e. The number of hydrogen-bond donors (Lipinski definition) is 2. The molecule has 0 radical (unpaired) electrons. The summed E-state index contributed by atoms with van der Waals surface area (Å²) < 4.78 is 11.3. The molecule has 2 atom stereocenters. The topological polar surface area (TPSA) is 117 Å². The highest BCUT2D eigenvalue weighted by atomic mass is 16.6. The van der Waals surface area contributed by atoms with Crippen molar-refractivity contribution in [1.29, 1.82) is 0 Å². The summed E-state index contributed by atoms with van der Waals surface area (Å²) in [6.45, 7) is 1.05. The van der Waals surface area contributed by atoms with E-state index in [2.05, 4.69) is 46.8 Å².